The lowest BCUT2D eigenvalue weighted by atomic mass is 10.1. The standard InChI is InChI=1S/C19H22N2O5/c1-2-24-16-6-4-3-5-14(16)21-19(23)20-10-9-15(22)13-7-8-17-18(11-13)26-12-25-17/h3-8,11,15,22H,2,9-10,12H2,1H3,(H2,20,21,23). The molecule has 0 saturated heterocycles. The van der Waals surface area contributed by atoms with Crippen LogP contribution in [0.3, 0.4) is 0 Å². The van der Waals surface area contributed by atoms with Crippen LogP contribution in [0.5, 0.6) is 17.2 Å². The molecule has 0 saturated carbocycles. The Morgan fingerprint density at radius 1 is 1.23 bits per heavy atom. The number of rotatable bonds is 7. The van der Waals surface area contributed by atoms with Crippen LogP contribution >= 0.6 is 0 Å². The van der Waals surface area contributed by atoms with Crippen LogP contribution in [0.4, 0.5) is 10.5 Å². The highest BCUT2D eigenvalue weighted by Gasteiger charge is 2.16. The third-order valence-electron chi connectivity index (χ3n) is 3.92. The number of ether oxygens (including phenoxy) is 3. The number of benzene rings is 2. The van der Waals surface area contributed by atoms with E-state index in [-0.39, 0.29) is 12.8 Å². The van der Waals surface area contributed by atoms with Gasteiger partial charge in [-0.2, -0.15) is 0 Å². The van der Waals surface area contributed by atoms with E-state index < -0.39 is 6.10 Å². The molecular weight excluding hydrogens is 336 g/mol. The van der Waals surface area contributed by atoms with E-state index in [9.17, 15) is 9.90 Å². The van der Waals surface area contributed by atoms with Gasteiger partial charge in [-0.25, -0.2) is 4.79 Å². The topological polar surface area (TPSA) is 89.1 Å². The average Bonchev–Trinajstić information content (AvgIpc) is 3.11. The van der Waals surface area contributed by atoms with Crippen molar-refractivity contribution in [2.24, 2.45) is 0 Å². The highest BCUT2D eigenvalue weighted by Crippen LogP contribution is 2.34. The molecule has 0 bridgehead atoms. The zero-order chi connectivity index (χ0) is 18.4. The molecule has 3 rings (SSSR count). The second kappa shape index (κ2) is 8.44. The van der Waals surface area contributed by atoms with Gasteiger partial charge in [-0.15, -0.1) is 0 Å². The molecule has 7 heteroatoms. The highest BCUT2D eigenvalue weighted by molar-refractivity contribution is 5.90. The van der Waals surface area contributed by atoms with Gasteiger partial charge in [-0.3, -0.25) is 0 Å². The summed E-state index contributed by atoms with van der Waals surface area (Å²) in [5, 5.41) is 15.8. The molecule has 1 aliphatic rings. The summed E-state index contributed by atoms with van der Waals surface area (Å²) < 4.78 is 16.0. The first-order chi connectivity index (χ1) is 12.7. The van der Waals surface area contributed by atoms with E-state index >= 15 is 0 Å². The second-order valence-corrected chi connectivity index (χ2v) is 5.73. The first kappa shape index (κ1) is 17.9. The van der Waals surface area contributed by atoms with E-state index in [1.165, 1.54) is 0 Å². The van der Waals surface area contributed by atoms with Gasteiger partial charge in [0.05, 0.1) is 18.4 Å². The third kappa shape index (κ3) is 4.37. The predicted octanol–water partition coefficient (Wildman–Crippen LogP) is 3.06. The van der Waals surface area contributed by atoms with Gasteiger partial charge in [0.25, 0.3) is 0 Å². The summed E-state index contributed by atoms with van der Waals surface area (Å²) in [4.78, 5) is 12.0. The lowest BCUT2D eigenvalue weighted by Gasteiger charge is -2.14. The summed E-state index contributed by atoms with van der Waals surface area (Å²) in [6, 6.07) is 12.2. The fourth-order valence-corrected chi connectivity index (χ4v) is 2.63. The molecule has 2 aromatic carbocycles. The molecule has 0 fully saturated rings. The van der Waals surface area contributed by atoms with Gasteiger partial charge in [-0.05, 0) is 43.2 Å². The van der Waals surface area contributed by atoms with Gasteiger partial charge in [0.2, 0.25) is 6.79 Å². The van der Waals surface area contributed by atoms with Crippen LogP contribution in [0, 0.1) is 0 Å². The maximum absolute atomic E-state index is 12.0. The number of hydrogen-bond donors (Lipinski definition) is 3. The number of anilines is 1. The molecule has 138 valence electrons. The Morgan fingerprint density at radius 3 is 2.88 bits per heavy atom. The number of hydrogen-bond acceptors (Lipinski definition) is 5. The highest BCUT2D eigenvalue weighted by atomic mass is 16.7. The largest absolute Gasteiger partial charge is 0.492 e. The summed E-state index contributed by atoms with van der Waals surface area (Å²) in [5.41, 5.74) is 1.32. The van der Waals surface area contributed by atoms with Crippen LogP contribution in [0.2, 0.25) is 0 Å². The Bertz CT molecular complexity index is 765. The van der Waals surface area contributed by atoms with Crippen molar-refractivity contribution in [3.05, 3.63) is 48.0 Å². The van der Waals surface area contributed by atoms with Crippen molar-refractivity contribution in [2.75, 3.05) is 25.3 Å². The van der Waals surface area contributed by atoms with Crippen molar-refractivity contribution in [1.29, 1.82) is 0 Å². The molecule has 0 spiro atoms. The maximum Gasteiger partial charge on any atom is 0.319 e. The molecular formula is C19H22N2O5. The fraction of sp³-hybridized carbons (Fsp3) is 0.316. The van der Waals surface area contributed by atoms with E-state index in [1.54, 1.807) is 30.3 Å². The molecule has 0 radical (unpaired) electrons. The molecule has 1 unspecified atom stereocenters. The van der Waals surface area contributed by atoms with Crippen molar-refractivity contribution in [2.45, 2.75) is 19.4 Å². The van der Waals surface area contributed by atoms with Crippen LogP contribution in [-0.2, 0) is 0 Å². The Morgan fingerprint density at radius 2 is 2.04 bits per heavy atom. The molecule has 2 aromatic rings. The monoisotopic (exact) mass is 358 g/mol. The first-order valence-corrected chi connectivity index (χ1v) is 8.51. The van der Waals surface area contributed by atoms with Gasteiger partial charge >= 0.3 is 6.03 Å². The van der Waals surface area contributed by atoms with E-state index in [0.29, 0.717) is 42.5 Å². The van der Waals surface area contributed by atoms with Gasteiger partial charge in [0.1, 0.15) is 5.75 Å². The van der Waals surface area contributed by atoms with Crippen molar-refractivity contribution in [1.82, 2.24) is 5.32 Å². The second-order valence-electron chi connectivity index (χ2n) is 5.73. The minimum absolute atomic E-state index is 0.194. The maximum atomic E-state index is 12.0. The number of carbonyl (C=O) groups excluding carboxylic acids is 1. The minimum Gasteiger partial charge on any atom is -0.492 e. The Hall–Kier alpha value is -2.93. The van der Waals surface area contributed by atoms with Crippen molar-refractivity contribution in [3.63, 3.8) is 0 Å². The normalized spacial score (nSPS) is 13.2. The molecule has 26 heavy (non-hydrogen) atoms. The van der Waals surface area contributed by atoms with Crippen LogP contribution in [-0.4, -0.2) is 31.1 Å². The summed E-state index contributed by atoms with van der Waals surface area (Å²) in [7, 11) is 0. The Kier molecular flexibility index (Phi) is 5.80. The molecule has 1 aliphatic heterocycles. The summed E-state index contributed by atoms with van der Waals surface area (Å²) in [6.07, 6.45) is -0.333. The van der Waals surface area contributed by atoms with E-state index in [2.05, 4.69) is 10.6 Å². The molecule has 7 nitrogen and oxygen atoms in total. The molecule has 0 aliphatic carbocycles. The van der Waals surface area contributed by atoms with E-state index in [1.807, 2.05) is 19.1 Å². The van der Waals surface area contributed by atoms with Crippen molar-refractivity contribution >= 4 is 11.7 Å². The van der Waals surface area contributed by atoms with Gasteiger partial charge in [-0.1, -0.05) is 18.2 Å². The van der Waals surface area contributed by atoms with Crippen LogP contribution in [0.25, 0.3) is 0 Å². The number of aliphatic hydroxyl groups excluding tert-OH is 1. The minimum atomic E-state index is -0.708. The number of fused-ring (bicyclic) bond motifs is 1. The van der Waals surface area contributed by atoms with Gasteiger partial charge in [0, 0.05) is 6.54 Å². The number of nitrogens with one attached hydrogen (secondary N) is 2. The van der Waals surface area contributed by atoms with E-state index in [4.69, 9.17) is 14.2 Å². The molecule has 1 heterocycles. The molecule has 1 atom stereocenters. The quantitative estimate of drug-likeness (QED) is 0.708. The molecule has 0 aromatic heterocycles. The summed E-state index contributed by atoms with van der Waals surface area (Å²) in [5.74, 6) is 1.91. The Labute approximate surface area is 151 Å². The van der Waals surface area contributed by atoms with Crippen molar-refractivity contribution < 1.29 is 24.1 Å². The number of para-hydroxylation sites is 2. The first-order valence-electron chi connectivity index (χ1n) is 8.51. The SMILES string of the molecule is CCOc1ccccc1NC(=O)NCCC(O)c1ccc2c(c1)OCO2. The van der Waals surface area contributed by atoms with E-state index in [0.717, 1.165) is 5.56 Å². The zero-order valence-corrected chi connectivity index (χ0v) is 14.5. The summed E-state index contributed by atoms with van der Waals surface area (Å²) in [6.45, 7) is 2.91. The van der Waals surface area contributed by atoms with Crippen LogP contribution in [0.1, 0.15) is 25.0 Å². The number of carbonyl (C=O) groups is 1. The van der Waals surface area contributed by atoms with Gasteiger partial charge < -0.3 is 30.0 Å². The lowest BCUT2D eigenvalue weighted by Crippen LogP contribution is -2.30. The number of urea groups is 1. The number of amides is 2. The zero-order valence-electron chi connectivity index (χ0n) is 14.5. The predicted molar refractivity (Wildman–Crippen MR) is 96.8 cm³/mol. The smallest absolute Gasteiger partial charge is 0.319 e. The van der Waals surface area contributed by atoms with Gasteiger partial charge in [0.15, 0.2) is 11.5 Å². The molecule has 2 amide bonds. The van der Waals surface area contributed by atoms with Crippen molar-refractivity contribution in [3.8, 4) is 17.2 Å². The van der Waals surface area contributed by atoms with Crippen LogP contribution in [0.15, 0.2) is 42.5 Å². The lowest BCUT2D eigenvalue weighted by molar-refractivity contribution is 0.165. The fourth-order valence-electron chi connectivity index (χ4n) is 2.63. The summed E-state index contributed by atoms with van der Waals surface area (Å²) >= 11 is 0. The average molecular weight is 358 g/mol. The van der Waals surface area contributed by atoms with Crippen LogP contribution < -0.4 is 24.8 Å². The number of aliphatic hydroxyl groups is 1. The Balaban J connectivity index is 1.48. The third-order valence-corrected chi connectivity index (χ3v) is 3.92. The molecule has 3 N–H and O–H groups in total.